The molecule has 2 rings (SSSR count). The van der Waals surface area contributed by atoms with Crippen LogP contribution >= 0.6 is 27.5 Å². The van der Waals surface area contributed by atoms with Gasteiger partial charge in [0.05, 0.1) is 16.8 Å². The van der Waals surface area contributed by atoms with E-state index >= 15 is 0 Å². The van der Waals surface area contributed by atoms with E-state index in [4.69, 9.17) is 22.2 Å². The fourth-order valence-electron chi connectivity index (χ4n) is 1.45. The van der Waals surface area contributed by atoms with Gasteiger partial charge in [-0.25, -0.2) is 5.84 Å². The minimum Gasteiger partial charge on any atom is -0.461 e. The number of ether oxygens (including phenoxy) is 1. The Morgan fingerprint density at radius 3 is 2.57 bits per heavy atom. The molecule has 0 aliphatic rings. The van der Waals surface area contributed by atoms with Crippen molar-refractivity contribution in [3.63, 3.8) is 0 Å². The van der Waals surface area contributed by atoms with E-state index in [0.29, 0.717) is 10.7 Å². The molecular formula is C12H14BrClN6O. The molecule has 1 aromatic carbocycles. The smallest absolute Gasteiger partial charge is 0.323 e. The van der Waals surface area contributed by atoms with Gasteiger partial charge in [-0.3, -0.25) is 5.43 Å². The maximum Gasteiger partial charge on any atom is 0.323 e. The maximum absolute atomic E-state index is 6.14. The zero-order valence-corrected chi connectivity index (χ0v) is 13.7. The molecule has 1 aromatic heterocycles. The number of nitrogen functional groups attached to an aromatic ring is 1. The largest absolute Gasteiger partial charge is 0.461 e. The second-order valence-corrected chi connectivity index (χ2v) is 5.65. The minimum atomic E-state index is -0.0675. The van der Waals surface area contributed by atoms with Crippen molar-refractivity contribution < 1.29 is 4.74 Å². The lowest BCUT2D eigenvalue weighted by molar-refractivity contribution is 0.222. The van der Waals surface area contributed by atoms with Gasteiger partial charge < -0.3 is 10.1 Å². The normalized spacial score (nSPS) is 10.6. The van der Waals surface area contributed by atoms with E-state index in [-0.39, 0.29) is 24.0 Å². The first kappa shape index (κ1) is 15.7. The summed E-state index contributed by atoms with van der Waals surface area (Å²) in [7, 11) is 0. The van der Waals surface area contributed by atoms with Gasteiger partial charge in [0.2, 0.25) is 11.9 Å². The van der Waals surface area contributed by atoms with Crippen LogP contribution in [0.1, 0.15) is 13.8 Å². The van der Waals surface area contributed by atoms with Crippen LogP contribution in [0.5, 0.6) is 6.01 Å². The number of aromatic nitrogens is 3. The van der Waals surface area contributed by atoms with Crippen LogP contribution in [0.2, 0.25) is 5.02 Å². The summed E-state index contributed by atoms with van der Waals surface area (Å²) in [6.45, 7) is 3.75. The molecule has 2 aromatic rings. The van der Waals surface area contributed by atoms with Gasteiger partial charge in [-0.15, -0.1) is 0 Å². The van der Waals surface area contributed by atoms with Crippen LogP contribution in [0.25, 0.3) is 0 Å². The Labute approximate surface area is 135 Å². The quantitative estimate of drug-likeness (QED) is 0.547. The number of nitrogens with zero attached hydrogens (tertiary/aromatic N) is 3. The summed E-state index contributed by atoms with van der Waals surface area (Å²) in [5, 5.41) is 3.52. The van der Waals surface area contributed by atoms with Gasteiger partial charge in [-0.1, -0.05) is 27.5 Å². The van der Waals surface area contributed by atoms with Crippen molar-refractivity contribution >= 4 is 45.1 Å². The molecule has 0 aliphatic carbocycles. The molecule has 0 atom stereocenters. The van der Waals surface area contributed by atoms with Gasteiger partial charge in [0.25, 0.3) is 0 Å². The Bertz CT molecular complexity index is 639. The summed E-state index contributed by atoms with van der Waals surface area (Å²) in [6.07, 6.45) is -0.0675. The summed E-state index contributed by atoms with van der Waals surface area (Å²) in [5.41, 5.74) is 3.02. The third kappa shape index (κ3) is 4.42. The van der Waals surface area contributed by atoms with E-state index in [1.165, 1.54) is 0 Å². The van der Waals surface area contributed by atoms with Crippen LogP contribution in [-0.2, 0) is 0 Å². The van der Waals surface area contributed by atoms with Crippen LogP contribution in [0.4, 0.5) is 17.6 Å². The van der Waals surface area contributed by atoms with Gasteiger partial charge in [-0.05, 0) is 32.0 Å². The highest BCUT2D eigenvalue weighted by molar-refractivity contribution is 9.10. The van der Waals surface area contributed by atoms with Crippen LogP contribution in [0, 0.1) is 0 Å². The molecule has 112 valence electrons. The van der Waals surface area contributed by atoms with Crippen molar-refractivity contribution in [2.24, 2.45) is 5.84 Å². The summed E-state index contributed by atoms with van der Waals surface area (Å²) in [6, 6.07) is 5.58. The van der Waals surface area contributed by atoms with Crippen molar-refractivity contribution in [1.29, 1.82) is 0 Å². The van der Waals surface area contributed by atoms with E-state index in [1.807, 2.05) is 19.9 Å². The average Bonchev–Trinajstić information content (AvgIpc) is 2.41. The SMILES string of the molecule is CC(C)Oc1nc(NN)nc(Nc2ccc(Br)cc2Cl)n1. The van der Waals surface area contributed by atoms with E-state index < -0.39 is 0 Å². The molecule has 9 heteroatoms. The predicted octanol–water partition coefficient (Wildman–Crippen LogP) is 3.10. The lowest BCUT2D eigenvalue weighted by Crippen LogP contribution is -2.15. The lowest BCUT2D eigenvalue weighted by Gasteiger charge is -2.11. The molecule has 0 unspecified atom stereocenters. The summed E-state index contributed by atoms with van der Waals surface area (Å²) < 4.78 is 6.32. The molecule has 0 fully saturated rings. The van der Waals surface area contributed by atoms with E-state index in [2.05, 4.69) is 41.6 Å². The van der Waals surface area contributed by atoms with Gasteiger partial charge >= 0.3 is 6.01 Å². The Kier molecular flexibility index (Phi) is 5.16. The molecule has 0 spiro atoms. The van der Waals surface area contributed by atoms with Crippen LogP contribution in [0.15, 0.2) is 22.7 Å². The van der Waals surface area contributed by atoms with E-state index in [1.54, 1.807) is 12.1 Å². The van der Waals surface area contributed by atoms with Gasteiger partial charge in [-0.2, -0.15) is 15.0 Å². The molecule has 0 saturated carbocycles. The summed E-state index contributed by atoms with van der Waals surface area (Å²) >= 11 is 9.49. The highest BCUT2D eigenvalue weighted by Crippen LogP contribution is 2.28. The maximum atomic E-state index is 6.14. The van der Waals surface area contributed by atoms with Gasteiger partial charge in [0.1, 0.15) is 0 Å². The Hall–Kier alpha value is -1.64. The number of hydrogen-bond donors (Lipinski definition) is 3. The first-order valence-electron chi connectivity index (χ1n) is 6.09. The summed E-state index contributed by atoms with van der Waals surface area (Å²) in [4.78, 5) is 12.3. The topological polar surface area (TPSA) is 98.0 Å². The van der Waals surface area contributed by atoms with Crippen LogP contribution in [-0.4, -0.2) is 21.1 Å². The number of nitrogens with one attached hydrogen (secondary N) is 2. The lowest BCUT2D eigenvalue weighted by atomic mass is 10.3. The minimum absolute atomic E-state index is 0.0675. The molecule has 0 radical (unpaired) electrons. The monoisotopic (exact) mass is 372 g/mol. The number of anilines is 3. The van der Waals surface area contributed by atoms with Gasteiger partial charge in [0, 0.05) is 4.47 Å². The number of rotatable bonds is 5. The van der Waals surface area contributed by atoms with Crippen molar-refractivity contribution in [3.05, 3.63) is 27.7 Å². The zero-order valence-electron chi connectivity index (χ0n) is 11.4. The van der Waals surface area contributed by atoms with Crippen molar-refractivity contribution in [2.75, 3.05) is 10.7 Å². The highest BCUT2D eigenvalue weighted by Gasteiger charge is 2.10. The number of halogens is 2. The second kappa shape index (κ2) is 6.88. The second-order valence-electron chi connectivity index (χ2n) is 4.33. The first-order valence-corrected chi connectivity index (χ1v) is 7.26. The van der Waals surface area contributed by atoms with E-state index in [9.17, 15) is 0 Å². The number of nitrogens with two attached hydrogens (primary N) is 1. The van der Waals surface area contributed by atoms with Crippen molar-refractivity contribution in [3.8, 4) is 6.01 Å². The molecular weight excluding hydrogens is 360 g/mol. The van der Waals surface area contributed by atoms with Crippen LogP contribution in [0.3, 0.4) is 0 Å². The Morgan fingerprint density at radius 1 is 1.24 bits per heavy atom. The molecule has 7 nitrogen and oxygen atoms in total. The standard InChI is InChI=1S/C12H14BrClN6O/c1-6(2)21-12-18-10(17-11(19-12)20-15)16-9-4-3-7(13)5-8(9)14/h3-6H,15H2,1-2H3,(H2,16,17,18,19,20). The number of benzene rings is 1. The Balaban J connectivity index is 2.29. The molecule has 21 heavy (non-hydrogen) atoms. The number of hydrogen-bond acceptors (Lipinski definition) is 7. The fourth-order valence-corrected chi connectivity index (χ4v) is 2.17. The molecule has 0 amide bonds. The van der Waals surface area contributed by atoms with Gasteiger partial charge in [0.15, 0.2) is 0 Å². The Morgan fingerprint density at radius 2 is 1.95 bits per heavy atom. The van der Waals surface area contributed by atoms with Crippen molar-refractivity contribution in [1.82, 2.24) is 15.0 Å². The third-order valence-electron chi connectivity index (χ3n) is 2.26. The molecule has 1 heterocycles. The number of hydrazine groups is 1. The average molecular weight is 374 g/mol. The molecule has 0 saturated heterocycles. The predicted molar refractivity (Wildman–Crippen MR) is 85.8 cm³/mol. The third-order valence-corrected chi connectivity index (χ3v) is 3.07. The van der Waals surface area contributed by atoms with Crippen LogP contribution < -0.4 is 21.3 Å². The molecule has 0 aliphatic heterocycles. The zero-order chi connectivity index (χ0) is 15.4. The molecule has 4 N–H and O–H groups in total. The first-order chi connectivity index (χ1) is 9.97. The van der Waals surface area contributed by atoms with E-state index in [0.717, 1.165) is 4.47 Å². The molecule has 0 bridgehead atoms. The highest BCUT2D eigenvalue weighted by atomic mass is 79.9. The summed E-state index contributed by atoms with van der Waals surface area (Å²) in [5.74, 6) is 5.81. The van der Waals surface area contributed by atoms with Crippen molar-refractivity contribution in [2.45, 2.75) is 20.0 Å². The fraction of sp³-hybridized carbons (Fsp3) is 0.250.